The quantitative estimate of drug-likeness (QED) is 0.726. The maximum atomic E-state index is 12.1. The lowest BCUT2D eigenvalue weighted by Gasteiger charge is -2.23. The molecular formula is C15H27N5O. The number of hydrogen-bond donors (Lipinski definition) is 2. The van der Waals surface area contributed by atoms with Gasteiger partial charge >= 0.3 is 0 Å². The molecule has 0 spiro atoms. The van der Waals surface area contributed by atoms with E-state index in [1.807, 2.05) is 6.92 Å². The molecule has 0 aliphatic carbocycles. The van der Waals surface area contributed by atoms with Crippen molar-refractivity contribution in [3.05, 3.63) is 18.1 Å². The first kappa shape index (κ1) is 17.4. The summed E-state index contributed by atoms with van der Waals surface area (Å²) in [7, 11) is 0. The highest BCUT2D eigenvalue weighted by molar-refractivity contribution is 5.92. The van der Waals surface area contributed by atoms with E-state index >= 15 is 0 Å². The Balaban J connectivity index is 2.51. The van der Waals surface area contributed by atoms with Crippen molar-refractivity contribution in [2.75, 3.05) is 31.5 Å². The van der Waals surface area contributed by atoms with Crippen molar-refractivity contribution >= 4 is 11.7 Å². The molecule has 1 rings (SSSR count). The van der Waals surface area contributed by atoms with Gasteiger partial charge in [0.2, 0.25) is 0 Å². The second kappa shape index (κ2) is 9.28. The molecule has 0 fully saturated rings. The summed E-state index contributed by atoms with van der Waals surface area (Å²) in [4.78, 5) is 22.7. The van der Waals surface area contributed by atoms with Gasteiger partial charge in [-0.05, 0) is 26.4 Å². The average Bonchev–Trinajstić information content (AvgIpc) is 2.50. The molecule has 6 nitrogen and oxygen atoms in total. The molecule has 0 saturated heterocycles. The fraction of sp³-hybridized carbons (Fsp3) is 0.667. The third-order valence-electron chi connectivity index (χ3n) is 3.24. The standard InChI is InChI=1S/C15H27N5O/c1-5-8-16-14-10-17-13(9-18-14)15(21)19-12(4)11-20(6-2)7-3/h9-10,12H,5-8,11H2,1-4H3,(H,16,18)(H,19,21). The summed E-state index contributed by atoms with van der Waals surface area (Å²) in [5.74, 6) is 0.522. The van der Waals surface area contributed by atoms with E-state index in [1.54, 1.807) is 6.20 Å². The fourth-order valence-electron chi connectivity index (χ4n) is 2.00. The lowest BCUT2D eigenvalue weighted by molar-refractivity contribution is 0.0925. The van der Waals surface area contributed by atoms with Crippen molar-refractivity contribution < 1.29 is 4.79 Å². The first-order valence-electron chi connectivity index (χ1n) is 7.69. The molecule has 1 amide bonds. The summed E-state index contributed by atoms with van der Waals surface area (Å²) >= 11 is 0. The lowest BCUT2D eigenvalue weighted by Crippen LogP contribution is -2.42. The van der Waals surface area contributed by atoms with Crippen molar-refractivity contribution in [2.45, 2.75) is 40.2 Å². The van der Waals surface area contributed by atoms with Gasteiger partial charge in [-0.1, -0.05) is 20.8 Å². The van der Waals surface area contributed by atoms with Gasteiger partial charge in [0.05, 0.1) is 12.4 Å². The Morgan fingerprint density at radius 1 is 1.24 bits per heavy atom. The molecule has 21 heavy (non-hydrogen) atoms. The van der Waals surface area contributed by atoms with Gasteiger partial charge in [0.1, 0.15) is 11.5 Å². The fourth-order valence-corrected chi connectivity index (χ4v) is 2.00. The Hall–Kier alpha value is -1.69. The summed E-state index contributed by atoms with van der Waals surface area (Å²) in [6, 6.07) is 0.0806. The molecule has 0 aromatic carbocycles. The second-order valence-corrected chi connectivity index (χ2v) is 5.07. The number of carbonyl (C=O) groups excluding carboxylic acids is 1. The Bertz CT molecular complexity index is 417. The van der Waals surface area contributed by atoms with E-state index in [1.165, 1.54) is 6.20 Å². The lowest BCUT2D eigenvalue weighted by atomic mass is 10.3. The Morgan fingerprint density at radius 3 is 2.48 bits per heavy atom. The number of amides is 1. The minimum atomic E-state index is -0.177. The first-order chi connectivity index (χ1) is 10.1. The van der Waals surface area contributed by atoms with Gasteiger partial charge in [0.25, 0.3) is 5.91 Å². The molecule has 118 valence electrons. The Labute approximate surface area is 127 Å². The van der Waals surface area contributed by atoms with E-state index in [0.717, 1.165) is 32.6 Å². The van der Waals surface area contributed by atoms with Crippen molar-refractivity contribution in [1.82, 2.24) is 20.2 Å². The molecular weight excluding hydrogens is 266 g/mol. The summed E-state index contributed by atoms with van der Waals surface area (Å²) in [6.07, 6.45) is 4.13. The van der Waals surface area contributed by atoms with Crippen molar-refractivity contribution in [3.63, 3.8) is 0 Å². The number of hydrogen-bond acceptors (Lipinski definition) is 5. The highest BCUT2D eigenvalue weighted by atomic mass is 16.1. The summed E-state index contributed by atoms with van der Waals surface area (Å²) < 4.78 is 0. The van der Waals surface area contributed by atoms with Crippen LogP contribution < -0.4 is 10.6 Å². The van der Waals surface area contributed by atoms with Crippen molar-refractivity contribution in [3.8, 4) is 0 Å². The largest absolute Gasteiger partial charge is 0.369 e. The van der Waals surface area contributed by atoms with Crippen LogP contribution in [0.1, 0.15) is 44.6 Å². The Morgan fingerprint density at radius 2 is 1.95 bits per heavy atom. The van der Waals surface area contributed by atoms with Crippen LogP contribution in [0.5, 0.6) is 0 Å². The third kappa shape index (κ3) is 6.08. The van der Waals surface area contributed by atoms with Crippen molar-refractivity contribution in [2.24, 2.45) is 0 Å². The van der Waals surface area contributed by atoms with Crippen LogP contribution in [0.25, 0.3) is 0 Å². The SMILES string of the molecule is CCCNc1cnc(C(=O)NC(C)CN(CC)CC)cn1. The second-order valence-electron chi connectivity index (χ2n) is 5.07. The van der Waals surface area contributed by atoms with E-state index < -0.39 is 0 Å². The molecule has 1 heterocycles. The molecule has 2 N–H and O–H groups in total. The predicted octanol–water partition coefficient (Wildman–Crippen LogP) is 1.76. The number of rotatable bonds is 9. The molecule has 1 aromatic heterocycles. The van der Waals surface area contributed by atoms with Gasteiger partial charge in [-0.3, -0.25) is 4.79 Å². The monoisotopic (exact) mass is 293 g/mol. The average molecular weight is 293 g/mol. The van der Waals surface area contributed by atoms with Crippen molar-refractivity contribution in [1.29, 1.82) is 0 Å². The first-order valence-corrected chi connectivity index (χ1v) is 7.69. The van der Waals surface area contributed by atoms with Gasteiger partial charge in [-0.25, -0.2) is 9.97 Å². The third-order valence-corrected chi connectivity index (χ3v) is 3.24. The number of nitrogens with one attached hydrogen (secondary N) is 2. The molecule has 1 atom stereocenters. The van der Waals surface area contributed by atoms with Gasteiger partial charge in [-0.15, -0.1) is 0 Å². The van der Waals surface area contributed by atoms with Gasteiger partial charge < -0.3 is 15.5 Å². The van der Waals surface area contributed by atoms with Crippen LogP contribution in [0.15, 0.2) is 12.4 Å². The maximum Gasteiger partial charge on any atom is 0.271 e. The molecule has 6 heteroatoms. The van der Waals surface area contributed by atoms with Crippen LogP contribution in [-0.2, 0) is 0 Å². The molecule has 0 radical (unpaired) electrons. The topological polar surface area (TPSA) is 70.2 Å². The van der Waals surface area contributed by atoms with Gasteiger partial charge in [0, 0.05) is 19.1 Å². The van der Waals surface area contributed by atoms with E-state index in [0.29, 0.717) is 11.5 Å². The number of nitrogens with zero attached hydrogens (tertiary/aromatic N) is 3. The van der Waals surface area contributed by atoms with Crippen LogP contribution in [0.2, 0.25) is 0 Å². The Kier molecular flexibility index (Phi) is 7.68. The number of anilines is 1. The van der Waals surface area contributed by atoms with Crippen LogP contribution in [-0.4, -0.2) is 53.0 Å². The molecule has 1 aromatic rings. The van der Waals surface area contributed by atoms with Gasteiger partial charge in [-0.2, -0.15) is 0 Å². The zero-order valence-electron chi connectivity index (χ0n) is 13.5. The molecule has 0 bridgehead atoms. The van der Waals surface area contributed by atoms with Crippen LogP contribution >= 0.6 is 0 Å². The normalized spacial score (nSPS) is 12.2. The summed E-state index contributed by atoms with van der Waals surface area (Å²) in [5.41, 5.74) is 0.350. The van der Waals surface area contributed by atoms with E-state index in [9.17, 15) is 4.79 Å². The summed E-state index contributed by atoms with van der Waals surface area (Å²) in [5, 5.41) is 6.08. The van der Waals surface area contributed by atoms with Crippen LogP contribution in [0, 0.1) is 0 Å². The van der Waals surface area contributed by atoms with Gasteiger partial charge in [0.15, 0.2) is 0 Å². The smallest absolute Gasteiger partial charge is 0.271 e. The summed E-state index contributed by atoms with van der Waals surface area (Å²) in [6.45, 7) is 12.0. The minimum absolute atomic E-state index is 0.0806. The highest BCUT2D eigenvalue weighted by Crippen LogP contribution is 2.02. The molecule has 0 aliphatic rings. The predicted molar refractivity (Wildman–Crippen MR) is 85.5 cm³/mol. The highest BCUT2D eigenvalue weighted by Gasteiger charge is 2.13. The molecule has 0 aliphatic heterocycles. The van der Waals surface area contributed by atoms with E-state index in [-0.39, 0.29) is 11.9 Å². The maximum absolute atomic E-state index is 12.1. The van der Waals surface area contributed by atoms with E-state index in [2.05, 4.69) is 46.3 Å². The zero-order chi connectivity index (χ0) is 15.7. The number of aromatic nitrogens is 2. The minimum Gasteiger partial charge on any atom is -0.369 e. The molecule has 1 unspecified atom stereocenters. The van der Waals surface area contributed by atoms with Crippen LogP contribution in [0.4, 0.5) is 5.82 Å². The zero-order valence-corrected chi connectivity index (χ0v) is 13.5. The number of carbonyl (C=O) groups is 1. The number of likely N-dealkylation sites (N-methyl/N-ethyl adjacent to an activating group) is 1. The molecule has 0 saturated carbocycles. The van der Waals surface area contributed by atoms with E-state index in [4.69, 9.17) is 0 Å². The van der Waals surface area contributed by atoms with Crippen LogP contribution in [0.3, 0.4) is 0 Å².